The summed E-state index contributed by atoms with van der Waals surface area (Å²) in [7, 11) is 0. The number of aryl methyl sites for hydroxylation is 2. The standard InChI is InChI=1S/C16H25NO2/c1-12-5-6-16(13(2)9-12)18-8-7-17-10-14(3)19-15(4)11-17/h5-6,9,14-15H,7-8,10-11H2,1-4H3/p+1/t14-,15+. The minimum absolute atomic E-state index is 0.361. The fourth-order valence-electron chi connectivity index (χ4n) is 2.86. The van der Waals surface area contributed by atoms with E-state index in [1.165, 1.54) is 11.1 Å². The van der Waals surface area contributed by atoms with Crippen LogP contribution in [0, 0.1) is 13.8 Å². The van der Waals surface area contributed by atoms with Crippen molar-refractivity contribution in [3.8, 4) is 5.75 Å². The third-order valence-electron chi connectivity index (χ3n) is 3.66. The lowest BCUT2D eigenvalue weighted by Gasteiger charge is -2.32. The van der Waals surface area contributed by atoms with Gasteiger partial charge in [-0.3, -0.25) is 0 Å². The van der Waals surface area contributed by atoms with Crippen molar-refractivity contribution in [1.29, 1.82) is 0 Å². The first-order valence-electron chi connectivity index (χ1n) is 7.23. The fourth-order valence-corrected chi connectivity index (χ4v) is 2.86. The van der Waals surface area contributed by atoms with Crippen LogP contribution in [0.5, 0.6) is 5.75 Å². The van der Waals surface area contributed by atoms with Gasteiger partial charge in [-0.25, -0.2) is 0 Å². The maximum atomic E-state index is 5.90. The highest BCUT2D eigenvalue weighted by atomic mass is 16.5. The van der Waals surface area contributed by atoms with E-state index in [1.807, 2.05) is 0 Å². The largest absolute Gasteiger partial charge is 0.487 e. The van der Waals surface area contributed by atoms with Crippen LogP contribution in [0.1, 0.15) is 25.0 Å². The number of hydrogen-bond donors (Lipinski definition) is 1. The smallest absolute Gasteiger partial charge is 0.137 e. The molecule has 0 radical (unpaired) electrons. The molecule has 1 N–H and O–H groups in total. The van der Waals surface area contributed by atoms with Gasteiger partial charge in [0, 0.05) is 0 Å². The summed E-state index contributed by atoms with van der Waals surface area (Å²) in [4.78, 5) is 1.58. The van der Waals surface area contributed by atoms with E-state index in [-0.39, 0.29) is 0 Å². The van der Waals surface area contributed by atoms with E-state index in [2.05, 4.69) is 45.9 Å². The summed E-state index contributed by atoms with van der Waals surface area (Å²) in [6, 6.07) is 6.35. The topological polar surface area (TPSA) is 22.9 Å². The van der Waals surface area contributed by atoms with Crippen LogP contribution < -0.4 is 9.64 Å². The number of benzene rings is 1. The fraction of sp³-hybridized carbons (Fsp3) is 0.625. The third-order valence-corrected chi connectivity index (χ3v) is 3.66. The van der Waals surface area contributed by atoms with Crippen molar-refractivity contribution in [3.05, 3.63) is 29.3 Å². The highest BCUT2D eigenvalue weighted by Crippen LogP contribution is 2.18. The van der Waals surface area contributed by atoms with E-state index in [0.717, 1.165) is 32.0 Å². The highest BCUT2D eigenvalue weighted by Gasteiger charge is 2.25. The molecular weight excluding hydrogens is 238 g/mol. The molecular formula is C16H26NO2+. The molecule has 19 heavy (non-hydrogen) atoms. The maximum Gasteiger partial charge on any atom is 0.137 e. The van der Waals surface area contributed by atoms with Crippen molar-refractivity contribution < 1.29 is 14.4 Å². The van der Waals surface area contributed by atoms with E-state index in [4.69, 9.17) is 9.47 Å². The lowest BCUT2D eigenvalue weighted by molar-refractivity contribution is -0.915. The molecule has 0 aromatic heterocycles. The molecule has 0 saturated carbocycles. The zero-order valence-electron chi connectivity index (χ0n) is 12.5. The molecule has 3 heteroatoms. The summed E-state index contributed by atoms with van der Waals surface area (Å²) >= 11 is 0. The zero-order chi connectivity index (χ0) is 13.8. The van der Waals surface area contributed by atoms with Crippen LogP contribution in [0.25, 0.3) is 0 Å². The molecule has 1 aliphatic rings. The van der Waals surface area contributed by atoms with E-state index in [1.54, 1.807) is 4.90 Å². The molecule has 1 fully saturated rings. The van der Waals surface area contributed by atoms with Crippen LogP contribution in [0.3, 0.4) is 0 Å². The molecule has 1 unspecified atom stereocenters. The Labute approximate surface area is 116 Å². The van der Waals surface area contributed by atoms with Crippen molar-refractivity contribution >= 4 is 0 Å². The average molecular weight is 264 g/mol. The van der Waals surface area contributed by atoms with Crippen LogP contribution in [-0.2, 0) is 4.74 Å². The summed E-state index contributed by atoms with van der Waals surface area (Å²) < 4.78 is 11.7. The van der Waals surface area contributed by atoms with Crippen molar-refractivity contribution in [1.82, 2.24) is 0 Å². The number of nitrogens with one attached hydrogen (secondary N) is 1. The van der Waals surface area contributed by atoms with Gasteiger partial charge in [0.1, 0.15) is 44.2 Å². The first-order valence-corrected chi connectivity index (χ1v) is 7.23. The Morgan fingerprint density at radius 1 is 1.21 bits per heavy atom. The van der Waals surface area contributed by atoms with Gasteiger partial charge in [0.05, 0.1) is 0 Å². The minimum atomic E-state index is 0.361. The molecule has 2 rings (SSSR count). The Morgan fingerprint density at radius 2 is 1.89 bits per heavy atom. The molecule has 0 aliphatic carbocycles. The molecule has 1 aromatic carbocycles. The number of ether oxygens (including phenoxy) is 2. The molecule has 0 spiro atoms. The lowest BCUT2D eigenvalue weighted by Crippen LogP contribution is -3.16. The van der Waals surface area contributed by atoms with Crippen molar-refractivity contribution in [3.63, 3.8) is 0 Å². The Bertz CT molecular complexity index is 409. The minimum Gasteiger partial charge on any atom is -0.487 e. The first-order chi connectivity index (χ1) is 9.04. The van der Waals surface area contributed by atoms with Gasteiger partial charge in [-0.05, 0) is 39.3 Å². The van der Waals surface area contributed by atoms with Gasteiger partial charge in [0.2, 0.25) is 0 Å². The third kappa shape index (κ3) is 4.22. The summed E-state index contributed by atoms with van der Waals surface area (Å²) in [5.41, 5.74) is 2.50. The lowest BCUT2D eigenvalue weighted by atomic mass is 10.1. The van der Waals surface area contributed by atoms with Crippen LogP contribution in [0.15, 0.2) is 18.2 Å². The van der Waals surface area contributed by atoms with Gasteiger partial charge in [-0.2, -0.15) is 0 Å². The average Bonchev–Trinajstić information content (AvgIpc) is 2.30. The molecule has 1 saturated heterocycles. The van der Waals surface area contributed by atoms with Gasteiger partial charge in [-0.15, -0.1) is 0 Å². The molecule has 1 heterocycles. The predicted molar refractivity (Wildman–Crippen MR) is 77.0 cm³/mol. The van der Waals surface area contributed by atoms with Gasteiger partial charge in [-0.1, -0.05) is 17.7 Å². The highest BCUT2D eigenvalue weighted by molar-refractivity contribution is 5.35. The Hall–Kier alpha value is -1.06. The molecule has 3 nitrogen and oxygen atoms in total. The summed E-state index contributed by atoms with van der Waals surface area (Å²) in [6.07, 6.45) is 0.722. The second kappa shape index (κ2) is 6.40. The summed E-state index contributed by atoms with van der Waals surface area (Å²) in [5.74, 6) is 1.01. The van der Waals surface area contributed by atoms with Gasteiger partial charge in [0.25, 0.3) is 0 Å². The van der Waals surface area contributed by atoms with Crippen LogP contribution >= 0.6 is 0 Å². The Balaban J connectivity index is 1.80. The van der Waals surface area contributed by atoms with Crippen molar-refractivity contribution in [2.75, 3.05) is 26.2 Å². The zero-order valence-corrected chi connectivity index (χ0v) is 12.5. The normalized spacial score (nSPS) is 27.3. The monoisotopic (exact) mass is 264 g/mol. The van der Waals surface area contributed by atoms with Gasteiger partial charge in [0.15, 0.2) is 0 Å². The maximum absolute atomic E-state index is 5.90. The summed E-state index contributed by atoms with van der Waals surface area (Å²) in [5, 5.41) is 0. The second-order valence-corrected chi connectivity index (χ2v) is 5.78. The van der Waals surface area contributed by atoms with Crippen LogP contribution in [-0.4, -0.2) is 38.4 Å². The number of hydrogen-bond acceptors (Lipinski definition) is 2. The van der Waals surface area contributed by atoms with Gasteiger partial charge >= 0.3 is 0 Å². The Kier molecular flexibility index (Phi) is 4.83. The number of morpholine rings is 1. The van der Waals surface area contributed by atoms with Crippen LogP contribution in [0.4, 0.5) is 0 Å². The quantitative estimate of drug-likeness (QED) is 0.888. The second-order valence-electron chi connectivity index (χ2n) is 5.78. The Morgan fingerprint density at radius 3 is 2.53 bits per heavy atom. The van der Waals surface area contributed by atoms with Crippen molar-refractivity contribution in [2.45, 2.75) is 39.9 Å². The van der Waals surface area contributed by atoms with E-state index in [0.29, 0.717) is 12.2 Å². The molecule has 1 aromatic rings. The molecule has 106 valence electrons. The molecule has 0 amide bonds. The summed E-state index contributed by atoms with van der Waals surface area (Å²) in [6.45, 7) is 12.5. The van der Waals surface area contributed by atoms with Crippen LogP contribution in [0.2, 0.25) is 0 Å². The van der Waals surface area contributed by atoms with Crippen molar-refractivity contribution in [2.24, 2.45) is 0 Å². The number of quaternary nitrogens is 1. The van der Waals surface area contributed by atoms with E-state index < -0.39 is 0 Å². The first kappa shape index (κ1) is 14.4. The SMILES string of the molecule is Cc1ccc(OCC[NH+]2C[C@@H](C)O[C@@H](C)C2)c(C)c1. The molecule has 0 bridgehead atoms. The predicted octanol–water partition coefficient (Wildman–Crippen LogP) is 1.37. The molecule has 3 atom stereocenters. The van der Waals surface area contributed by atoms with Gasteiger partial charge < -0.3 is 14.4 Å². The van der Waals surface area contributed by atoms with E-state index >= 15 is 0 Å². The number of rotatable bonds is 4. The molecule has 1 aliphatic heterocycles. The van der Waals surface area contributed by atoms with E-state index in [9.17, 15) is 0 Å².